The van der Waals surface area contributed by atoms with Crippen molar-refractivity contribution < 1.29 is 0 Å². The second kappa shape index (κ2) is 8.91. The molecule has 1 saturated carbocycles. The van der Waals surface area contributed by atoms with Crippen molar-refractivity contribution >= 4 is 5.96 Å². The van der Waals surface area contributed by atoms with Gasteiger partial charge in [0.15, 0.2) is 5.96 Å². The zero-order valence-electron chi connectivity index (χ0n) is 15.8. The third kappa shape index (κ3) is 5.66. The van der Waals surface area contributed by atoms with Crippen LogP contribution in [0.5, 0.6) is 0 Å². The lowest BCUT2D eigenvalue weighted by atomic mass is 9.67. The zero-order valence-corrected chi connectivity index (χ0v) is 15.8. The van der Waals surface area contributed by atoms with Crippen LogP contribution in [0.2, 0.25) is 0 Å². The summed E-state index contributed by atoms with van der Waals surface area (Å²) in [4.78, 5) is 7.05. The van der Waals surface area contributed by atoms with E-state index in [1.165, 1.54) is 58.2 Å². The molecule has 0 aromatic rings. The van der Waals surface area contributed by atoms with Crippen LogP contribution in [-0.2, 0) is 0 Å². The van der Waals surface area contributed by atoms with Crippen molar-refractivity contribution in [2.24, 2.45) is 22.2 Å². The van der Waals surface area contributed by atoms with Gasteiger partial charge in [0.25, 0.3) is 0 Å². The maximum Gasteiger partial charge on any atom is 0.191 e. The van der Waals surface area contributed by atoms with E-state index < -0.39 is 0 Å². The summed E-state index contributed by atoms with van der Waals surface area (Å²) in [5.74, 6) is 2.51. The van der Waals surface area contributed by atoms with Crippen LogP contribution in [0.15, 0.2) is 4.99 Å². The Bertz CT molecular complexity index is 368. The molecule has 0 amide bonds. The minimum Gasteiger partial charge on any atom is -0.356 e. The Morgan fingerprint density at radius 1 is 1.26 bits per heavy atom. The maximum atomic E-state index is 4.42. The summed E-state index contributed by atoms with van der Waals surface area (Å²) < 4.78 is 0. The van der Waals surface area contributed by atoms with Gasteiger partial charge >= 0.3 is 0 Å². The first-order valence-corrected chi connectivity index (χ1v) is 9.74. The molecule has 2 rings (SSSR count). The van der Waals surface area contributed by atoms with E-state index >= 15 is 0 Å². The average molecular weight is 323 g/mol. The van der Waals surface area contributed by atoms with Crippen molar-refractivity contribution in [2.75, 3.05) is 39.8 Å². The topological polar surface area (TPSA) is 39.7 Å². The molecule has 1 unspecified atom stereocenters. The van der Waals surface area contributed by atoms with Gasteiger partial charge in [0.2, 0.25) is 0 Å². The molecule has 2 aliphatic rings. The summed E-state index contributed by atoms with van der Waals surface area (Å²) in [5, 5.41) is 7.14. The van der Waals surface area contributed by atoms with E-state index in [9.17, 15) is 0 Å². The molecule has 1 atom stereocenters. The van der Waals surface area contributed by atoms with Crippen molar-refractivity contribution in [2.45, 2.75) is 59.3 Å². The number of piperidine rings is 1. The quantitative estimate of drug-likeness (QED) is 0.559. The molecule has 1 aliphatic carbocycles. The molecule has 0 aromatic heterocycles. The van der Waals surface area contributed by atoms with Crippen LogP contribution in [0.4, 0.5) is 0 Å². The first kappa shape index (κ1) is 18.6. The molecular weight excluding hydrogens is 284 g/mol. The standard InChI is InChI=1S/C19H38N4/c1-5-19(9-7-10-19)15-22-18(20-4)21-12-17-8-6-11-23(14-17)13-16(2)3/h16-17H,5-15H2,1-4H3,(H2,20,21,22). The molecule has 4 nitrogen and oxygen atoms in total. The number of likely N-dealkylation sites (tertiary alicyclic amines) is 1. The number of rotatable bonds is 7. The Morgan fingerprint density at radius 3 is 2.61 bits per heavy atom. The Morgan fingerprint density at radius 2 is 2.04 bits per heavy atom. The summed E-state index contributed by atoms with van der Waals surface area (Å²) in [5.41, 5.74) is 0.538. The summed E-state index contributed by atoms with van der Waals surface area (Å²) in [6.07, 6.45) is 8.11. The number of hydrogen-bond acceptors (Lipinski definition) is 2. The number of aliphatic imine (C=N–C) groups is 1. The van der Waals surface area contributed by atoms with E-state index in [4.69, 9.17) is 0 Å². The first-order valence-electron chi connectivity index (χ1n) is 9.74. The van der Waals surface area contributed by atoms with Crippen LogP contribution in [0.25, 0.3) is 0 Å². The largest absolute Gasteiger partial charge is 0.356 e. The van der Waals surface area contributed by atoms with Gasteiger partial charge in [-0.15, -0.1) is 0 Å². The summed E-state index contributed by atoms with van der Waals surface area (Å²) in [6.45, 7) is 12.8. The number of guanidine groups is 1. The molecule has 0 bridgehead atoms. The number of hydrogen-bond donors (Lipinski definition) is 2. The third-order valence-corrected chi connectivity index (χ3v) is 5.80. The normalized spacial score (nSPS) is 25.3. The molecule has 1 aliphatic heterocycles. The van der Waals surface area contributed by atoms with Gasteiger partial charge in [0.1, 0.15) is 0 Å². The first-order chi connectivity index (χ1) is 11.1. The minimum absolute atomic E-state index is 0.538. The highest BCUT2D eigenvalue weighted by molar-refractivity contribution is 5.79. The lowest BCUT2D eigenvalue weighted by Crippen LogP contribution is -2.48. The second-order valence-electron chi connectivity index (χ2n) is 8.18. The zero-order chi connectivity index (χ0) is 16.7. The minimum atomic E-state index is 0.538. The van der Waals surface area contributed by atoms with Gasteiger partial charge in [-0.05, 0) is 55.9 Å². The van der Waals surface area contributed by atoms with E-state index in [1.807, 2.05) is 7.05 Å². The van der Waals surface area contributed by atoms with Gasteiger partial charge in [-0.2, -0.15) is 0 Å². The lowest BCUT2D eigenvalue weighted by Gasteiger charge is -2.41. The van der Waals surface area contributed by atoms with E-state index in [0.29, 0.717) is 5.41 Å². The van der Waals surface area contributed by atoms with Crippen molar-refractivity contribution in [3.63, 3.8) is 0 Å². The molecule has 2 N–H and O–H groups in total. The highest BCUT2D eigenvalue weighted by Gasteiger charge is 2.34. The molecule has 0 spiro atoms. The highest BCUT2D eigenvalue weighted by atomic mass is 15.2. The summed E-state index contributed by atoms with van der Waals surface area (Å²) >= 11 is 0. The summed E-state index contributed by atoms with van der Waals surface area (Å²) in [7, 11) is 1.89. The fourth-order valence-electron chi connectivity index (χ4n) is 4.07. The van der Waals surface area contributed by atoms with Crippen LogP contribution in [0.1, 0.15) is 59.3 Å². The molecule has 134 valence electrons. The molecule has 23 heavy (non-hydrogen) atoms. The Hall–Kier alpha value is -0.770. The predicted octanol–water partition coefficient (Wildman–Crippen LogP) is 3.10. The summed E-state index contributed by atoms with van der Waals surface area (Å²) in [6, 6.07) is 0. The van der Waals surface area contributed by atoms with Crippen molar-refractivity contribution in [3.05, 3.63) is 0 Å². The smallest absolute Gasteiger partial charge is 0.191 e. The molecule has 0 aromatic carbocycles. The van der Waals surface area contributed by atoms with Gasteiger partial charge in [-0.1, -0.05) is 27.2 Å². The number of nitrogens with one attached hydrogen (secondary N) is 2. The van der Waals surface area contributed by atoms with Gasteiger partial charge in [-0.25, -0.2) is 0 Å². The van der Waals surface area contributed by atoms with Crippen LogP contribution in [0.3, 0.4) is 0 Å². The molecule has 1 heterocycles. The number of nitrogens with zero attached hydrogens (tertiary/aromatic N) is 2. The molecule has 2 fully saturated rings. The molecule has 0 radical (unpaired) electrons. The van der Waals surface area contributed by atoms with Crippen LogP contribution in [-0.4, -0.2) is 50.6 Å². The Labute approximate surface area is 143 Å². The van der Waals surface area contributed by atoms with Gasteiger partial charge in [0, 0.05) is 33.2 Å². The van der Waals surface area contributed by atoms with Crippen LogP contribution in [0, 0.1) is 17.3 Å². The molecule has 1 saturated heterocycles. The van der Waals surface area contributed by atoms with Crippen molar-refractivity contribution in [1.29, 1.82) is 0 Å². The SMILES string of the molecule is CCC1(CNC(=NC)NCC2CCCN(CC(C)C)C2)CCC1. The Kier molecular flexibility index (Phi) is 7.19. The fraction of sp³-hybridized carbons (Fsp3) is 0.947. The molecular formula is C19H38N4. The predicted molar refractivity (Wildman–Crippen MR) is 99.9 cm³/mol. The van der Waals surface area contributed by atoms with Gasteiger partial charge in [-0.3, -0.25) is 4.99 Å². The Balaban J connectivity index is 1.70. The van der Waals surface area contributed by atoms with Gasteiger partial charge < -0.3 is 15.5 Å². The van der Waals surface area contributed by atoms with E-state index in [-0.39, 0.29) is 0 Å². The van der Waals surface area contributed by atoms with Gasteiger partial charge in [0.05, 0.1) is 0 Å². The third-order valence-electron chi connectivity index (χ3n) is 5.80. The molecule has 4 heteroatoms. The fourth-order valence-corrected chi connectivity index (χ4v) is 4.07. The van der Waals surface area contributed by atoms with E-state index in [1.54, 1.807) is 0 Å². The monoisotopic (exact) mass is 322 g/mol. The van der Waals surface area contributed by atoms with Crippen molar-refractivity contribution in [1.82, 2.24) is 15.5 Å². The highest BCUT2D eigenvalue weighted by Crippen LogP contribution is 2.42. The van der Waals surface area contributed by atoms with E-state index in [0.717, 1.165) is 30.9 Å². The average Bonchev–Trinajstić information content (AvgIpc) is 2.49. The lowest BCUT2D eigenvalue weighted by molar-refractivity contribution is 0.131. The second-order valence-corrected chi connectivity index (χ2v) is 8.18. The van der Waals surface area contributed by atoms with Crippen molar-refractivity contribution in [3.8, 4) is 0 Å². The van der Waals surface area contributed by atoms with Crippen LogP contribution >= 0.6 is 0 Å². The van der Waals surface area contributed by atoms with E-state index in [2.05, 4.69) is 41.3 Å². The maximum absolute atomic E-state index is 4.42. The van der Waals surface area contributed by atoms with Crippen LogP contribution < -0.4 is 10.6 Å².